The molecule has 0 aliphatic carbocycles. The summed E-state index contributed by atoms with van der Waals surface area (Å²) in [5, 5.41) is 9.24. The van der Waals surface area contributed by atoms with Gasteiger partial charge in [0.1, 0.15) is 11.3 Å². The van der Waals surface area contributed by atoms with Crippen molar-refractivity contribution in [3.05, 3.63) is 23.1 Å². The van der Waals surface area contributed by atoms with E-state index in [0.717, 1.165) is 30.0 Å². The normalized spacial score (nSPS) is 11.4. The minimum absolute atomic E-state index is 0.197. The molecule has 0 radical (unpaired) electrons. The lowest BCUT2D eigenvalue weighted by atomic mass is 10.2. The third-order valence-electron chi connectivity index (χ3n) is 3.12. The van der Waals surface area contributed by atoms with E-state index in [2.05, 4.69) is 28.4 Å². The molecule has 0 amide bonds. The van der Waals surface area contributed by atoms with Gasteiger partial charge in [0.05, 0.1) is 5.02 Å². The maximum Gasteiger partial charge on any atom is 0.303 e. The fourth-order valence-electron chi connectivity index (χ4n) is 2.21. The van der Waals surface area contributed by atoms with Crippen LogP contribution in [0.15, 0.2) is 12.3 Å². The van der Waals surface area contributed by atoms with Crippen molar-refractivity contribution in [1.82, 2.24) is 14.5 Å². The first-order chi connectivity index (χ1) is 9.49. The van der Waals surface area contributed by atoms with Gasteiger partial charge in [-0.15, -0.1) is 0 Å². The molecule has 0 bridgehead atoms. The molecule has 5 nitrogen and oxygen atoms in total. The minimum Gasteiger partial charge on any atom is -0.481 e. The number of carbonyl (C=O) groups is 1. The second kappa shape index (κ2) is 6.22. The molecule has 20 heavy (non-hydrogen) atoms. The third-order valence-corrected chi connectivity index (χ3v) is 3.33. The number of nitrogens with zero attached hydrogens (tertiary/aromatic N) is 3. The van der Waals surface area contributed by atoms with Crippen molar-refractivity contribution in [2.75, 3.05) is 0 Å². The Morgan fingerprint density at radius 3 is 2.85 bits per heavy atom. The molecule has 0 atom stereocenters. The minimum atomic E-state index is -0.755. The van der Waals surface area contributed by atoms with Gasteiger partial charge in [-0.3, -0.25) is 4.79 Å². The smallest absolute Gasteiger partial charge is 0.303 e. The molecule has 1 N–H and O–H groups in total. The summed E-state index contributed by atoms with van der Waals surface area (Å²) in [6.07, 6.45) is 3.26. The molecule has 0 aliphatic rings. The van der Waals surface area contributed by atoms with Crippen LogP contribution in [0.5, 0.6) is 0 Å². The zero-order chi connectivity index (χ0) is 14.7. The van der Waals surface area contributed by atoms with Crippen molar-refractivity contribution in [2.24, 2.45) is 0 Å². The number of aliphatic carboxylic acids is 1. The van der Waals surface area contributed by atoms with Crippen LogP contribution in [0.4, 0.5) is 0 Å². The number of rotatable bonds is 6. The van der Waals surface area contributed by atoms with Crippen LogP contribution in [0.25, 0.3) is 11.2 Å². The van der Waals surface area contributed by atoms with E-state index in [-0.39, 0.29) is 12.3 Å². The number of halogens is 1. The van der Waals surface area contributed by atoms with E-state index >= 15 is 0 Å². The third kappa shape index (κ3) is 3.28. The van der Waals surface area contributed by atoms with Crippen LogP contribution in [0, 0.1) is 0 Å². The highest BCUT2D eigenvalue weighted by molar-refractivity contribution is 6.31. The maximum absolute atomic E-state index is 10.5. The number of carboxylic acid groups (broad SMARTS) is 1. The number of hydrogen-bond acceptors (Lipinski definition) is 3. The first-order valence-corrected chi connectivity index (χ1v) is 7.10. The second-order valence-electron chi connectivity index (χ2n) is 5.12. The van der Waals surface area contributed by atoms with E-state index < -0.39 is 5.97 Å². The molecule has 0 fully saturated rings. The molecular weight excluding hydrogens is 278 g/mol. The van der Waals surface area contributed by atoms with Crippen LogP contribution in [-0.4, -0.2) is 25.6 Å². The molecule has 0 saturated heterocycles. The van der Waals surface area contributed by atoms with Crippen molar-refractivity contribution in [3.8, 4) is 0 Å². The summed E-state index contributed by atoms with van der Waals surface area (Å²) in [6, 6.07) is 1.81. The van der Waals surface area contributed by atoms with E-state index in [0.29, 0.717) is 11.4 Å². The van der Waals surface area contributed by atoms with E-state index in [1.54, 1.807) is 6.20 Å². The van der Waals surface area contributed by atoms with Gasteiger partial charge in [0.2, 0.25) is 0 Å². The quantitative estimate of drug-likeness (QED) is 0.829. The zero-order valence-electron chi connectivity index (χ0n) is 11.6. The number of aryl methyl sites for hydroxylation is 1. The van der Waals surface area contributed by atoms with Crippen LogP contribution in [0.3, 0.4) is 0 Å². The van der Waals surface area contributed by atoms with Crippen molar-refractivity contribution in [3.63, 3.8) is 0 Å². The van der Waals surface area contributed by atoms with Gasteiger partial charge in [-0.1, -0.05) is 25.4 Å². The van der Waals surface area contributed by atoms with Gasteiger partial charge in [0.15, 0.2) is 5.65 Å². The summed E-state index contributed by atoms with van der Waals surface area (Å²) >= 11 is 5.94. The van der Waals surface area contributed by atoms with Crippen LogP contribution >= 0.6 is 11.6 Å². The first kappa shape index (κ1) is 14.8. The number of imidazole rings is 1. The van der Waals surface area contributed by atoms with Gasteiger partial charge < -0.3 is 9.67 Å². The molecule has 108 valence electrons. The number of hydrogen-bond donors (Lipinski definition) is 1. The first-order valence-electron chi connectivity index (χ1n) is 6.72. The van der Waals surface area contributed by atoms with Crippen LogP contribution in [0.2, 0.25) is 5.02 Å². The lowest BCUT2D eigenvalue weighted by molar-refractivity contribution is -0.137. The van der Waals surface area contributed by atoms with Crippen molar-refractivity contribution in [1.29, 1.82) is 0 Å². The molecule has 6 heteroatoms. The lowest BCUT2D eigenvalue weighted by Gasteiger charge is -2.10. The summed E-state index contributed by atoms with van der Waals surface area (Å²) in [7, 11) is 0. The predicted molar refractivity (Wildman–Crippen MR) is 78.1 cm³/mol. The molecule has 0 aliphatic heterocycles. The standard InChI is InChI=1S/C14H18ClN3O2/c1-9(2)13-17-11-7-10(15)8-16-14(11)18(13)6-4-3-5-12(19)20/h7-9H,3-6H2,1-2H3,(H,19,20). The average Bonchev–Trinajstić information content (AvgIpc) is 2.72. The van der Waals surface area contributed by atoms with Crippen LogP contribution < -0.4 is 0 Å². The molecule has 0 saturated carbocycles. The molecular formula is C14H18ClN3O2. The van der Waals surface area contributed by atoms with Crippen LogP contribution in [0.1, 0.15) is 44.9 Å². The summed E-state index contributed by atoms with van der Waals surface area (Å²) < 4.78 is 2.07. The molecule has 2 aromatic heterocycles. The Hall–Kier alpha value is -1.62. The van der Waals surface area contributed by atoms with Gasteiger partial charge in [-0.05, 0) is 18.9 Å². The van der Waals surface area contributed by atoms with Crippen LogP contribution in [-0.2, 0) is 11.3 Å². The Bertz CT molecular complexity index is 622. The maximum atomic E-state index is 10.5. The Morgan fingerprint density at radius 1 is 1.45 bits per heavy atom. The molecule has 2 aromatic rings. The SMILES string of the molecule is CC(C)c1nc2cc(Cl)cnc2n1CCCCC(=O)O. The number of unbranched alkanes of at least 4 members (excludes halogenated alkanes) is 1. The summed E-state index contributed by atoms with van der Waals surface area (Å²) in [5.74, 6) is 0.488. The largest absolute Gasteiger partial charge is 0.481 e. The molecule has 2 heterocycles. The predicted octanol–water partition coefficient (Wildman–Crippen LogP) is 3.46. The monoisotopic (exact) mass is 295 g/mol. The number of aromatic nitrogens is 3. The van der Waals surface area contributed by atoms with E-state index in [1.165, 1.54) is 0 Å². The van der Waals surface area contributed by atoms with Gasteiger partial charge in [-0.25, -0.2) is 9.97 Å². The van der Waals surface area contributed by atoms with Crippen molar-refractivity contribution in [2.45, 2.75) is 45.6 Å². The summed E-state index contributed by atoms with van der Waals surface area (Å²) in [5.41, 5.74) is 1.60. The highest BCUT2D eigenvalue weighted by Crippen LogP contribution is 2.23. The molecule has 0 aromatic carbocycles. The second-order valence-corrected chi connectivity index (χ2v) is 5.56. The topological polar surface area (TPSA) is 68.0 Å². The number of fused-ring (bicyclic) bond motifs is 1. The fourth-order valence-corrected chi connectivity index (χ4v) is 2.36. The number of pyridine rings is 1. The summed E-state index contributed by atoms with van der Waals surface area (Å²) in [6.45, 7) is 4.89. The Labute approximate surface area is 122 Å². The summed E-state index contributed by atoms with van der Waals surface area (Å²) in [4.78, 5) is 19.5. The van der Waals surface area contributed by atoms with E-state index in [4.69, 9.17) is 16.7 Å². The van der Waals surface area contributed by atoms with E-state index in [9.17, 15) is 4.79 Å². The molecule has 2 rings (SSSR count). The number of carboxylic acids is 1. The highest BCUT2D eigenvalue weighted by Gasteiger charge is 2.14. The Morgan fingerprint density at radius 2 is 2.20 bits per heavy atom. The van der Waals surface area contributed by atoms with Crippen molar-refractivity contribution < 1.29 is 9.90 Å². The molecule has 0 spiro atoms. The average molecular weight is 296 g/mol. The van der Waals surface area contributed by atoms with Crippen molar-refractivity contribution >= 4 is 28.7 Å². The van der Waals surface area contributed by atoms with Gasteiger partial charge in [-0.2, -0.15) is 0 Å². The van der Waals surface area contributed by atoms with Gasteiger partial charge >= 0.3 is 5.97 Å². The zero-order valence-corrected chi connectivity index (χ0v) is 12.4. The van der Waals surface area contributed by atoms with E-state index in [1.807, 2.05) is 6.07 Å². The highest BCUT2D eigenvalue weighted by atomic mass is 35.5. The van der Waals surface area contributed by atoms with Gasteiger partial charge in [0, 0.05) is 25.1 Å². The lowest BCUT2D eigenvalue weighted by Crippen LogP contribution is -2.07. The van der Waals surface area contributed by atoms with Gasteiger partial charge in [0.25, 0.3) is 0 Å². The Kier molecular flexibility index (Phi) is 4.60. The Balaban J connectivity index is 2.24. The molecule has 0 unspecified atom stereocenters. The fraction of sp³-hybridized carbons (Fsp3) is 0.500.